The van der Waals surface area contributed by atoms with Crippen LogP contribution in [0.2, 0.25) is 15.1 Å². The Morgan fingerprint density at radius 2 is 0.829 bits per heavy atom. The van der Waals surface area contributed by atoms with Gasteiger partial charge in [-0.15, -0.1) is 0 Å². The van der Waals surface area contributed by atoms with Crippen LogP contribution in [0.3, 0.4) is 0 Å². The summed E-state index contributed by atoms with van der Waals surface area (Å²) < 4.78 is 110. The van der Waals surface area contributed by atoms with Crippen LogP contribution in [0.15, 0.2) is 125 Å². The van der Waals surface area contributed by atoms with E-state index in [-0.39, 0.29) is 147 Å². The second-order valence-corrected chi connectivity index (χ2v) is 33.7. The standard InChI is InChI=1S/C30H29ClF2N6O3.C30H32ClF2N5O3.C29H30ClF2N5O3/c1-3-25(40)38-12-11-37(16-20(38)15-34-2)29-22-14-23(31)26(21-6-5-18(32)13-24(21)33)28-27(22)39(30(41)35-29)19(17-42-28)7-10-36-8-4-9-36;1-3-25(39)36-12-13-37(18(2)16-36)29-22-15-23(31)26(21-8-7-19(32)14-24(21)33)28-27(22)38(30(40)34-29)20(17-41-28)6-4-9-35-10-5-11-35;1-3-24(38)35-11-12-36(17(2)15-35)28-21-14-22(30)25(20-6-5-18(31)13-23(20)32)27-26(21)37(29(39)33-28)19(16-40-27)7-10-34-8-4-9-34/h3,5-6,13-14,19-20H,1,4,7-12,15-17H2;3,7-8,14-15,18,20H,1,4-6,9-13,16-17H2,2H3;3,5-6,13-14,17,19H,1,4,7-12,15-16H2,2H3/t19?,20-;18-,20?;17-,19?/m000/s1. The number of carbonyl (C=O) groups is 3. The van der Waals surface area contributed by atoms with Gasteiger partial charge < -0.3 is 63.2 Å². The zero-order valence-electron chi connectivity index (χ0n) is 68.0. The highest BCUT2D eigenvalue weighted by molar-refractivity contribution is 6.36. The Kier molecular flexibility index (Phi) is 25.1. The number of carbonyl (C=O) groups excluding carboxylic acids is 3. The van der Waals surface area contributed by atoms with Gasteiger partial charge in [-0.3, -0.25) is 28.1 Å². The van der Waals surface area contributed by atoms with E-state index in [0.29, 0.717) is 122 Å². The van der Waals surface area contributed by atoms with Crippen molar-refractivity contribution in [2.24, 2.45) is 0 Å². The van der Waals surface area contributed by atoms with Crippen LogP contribution in [0.5, 0.6) is 17.2 Å². The Hall–Kier alpha value is -11.0. The van der Waals surface area contributed by atoms with Crippen molar-refractivity contribution in [1.29, 1.82) is 0 Å². The predicted octanol–water partition coefficient (Wildman–Crippen LogP) is 13.0. The number of halogens is 9. The number of piperazine rings is 3. The van der Waals surface area contributed by atoms with E-state index in [1.165, 1.54) is 61.4 Å². The molecule has 0 radical (unpaired) electrons. The second kappa shape index (κ2) is 36.1. The third-order valence-corrected chi connectivity index (χ3v) is 25.9. The molecular formula is C89H91Cl3F6N16O9. The lowest BCUT2D eigenvalue weighted by molar-refractivity contribution is -0.128. The van der Waals surface area contributed by atoms with E-state index in [4.69, 9.17) is 55.6 Å². The molecule has 9 aliphatic heterocycles. The van der Waals surface area contributed by atoms with Crippen LogP contribution in [0.25, 0.3) is 70.9 Å². The van der Waals surface area contributed by atoms with Gasteiger partial charge in [0.15, 0.2) is 17.2 Å². The normalized spacial score (nSPS) is 20.5. The summed E-state index contributed by atoms with van der Waals surface area (Å²) in [6.07, 6.45) is 10.3. The molecule has 3 aromatic heterocycles. The zero-order valence-corrected chi connectivity index (χ0v) is 70.3. The van der Waals surface area contributed by atoms with Gasteiger partial charge in [-0.05, 0) is 177 Å². The number of benzene rings is 6. The molecule has 6 fully saturated rings. The number of anilines is 3. The molecule has 6 atom stereocenters. The summed E-state index contributed by atoms with van der Waals surface area (Å²) in [6.45, 7) is 35.2. The van der Waals surface area contributed by atoms with Gasteiger partial charge in [-0.25, -0.2) is 47.3 Å². The molecule has 6 aromatic carbocycles. The molecule has 9 aliphatic rings. The zero-order chi connectivity index (χ0) is 86.5. The summed E-state index contributed by atoms with van der Waals surface area (Å²) in [5.41, 5.74) is 1.13. The maximum absolute atomic E-state index is 15.1. The Bertz CT molecular complexity index is 5980. The van der Waals surface area contributed by atoms with Gasteiger partial charge in [-0.2, -0.15) is 15.0 Å². The van der Waals surface area contributed by atoms with Gasteiger partial charge >= 0.3 is 17.1 Å². The first-order valence-electron chi connectivity index (χ1n) is 41.5. The van der Waals surface area contributed by atoms with E-state index in [9.17, 15) is 41.9 Å². The number of ether oxygens (including phenoxy) is 3. The Labute approximate surface area is 719 Å². The number of amides is 3. The van der Waals surface area contributed by atoms with Gasteiger partial charge in [0.1, 0.15) is 78.2 Å². The third-order valence-electron chi connectivity index (χ3n) is 25.0. The molecule has 25 nitrogen and oxygen atoms in total. The first-order valence-corrected chi connectivity index (χ1v) is 42.6. The van der Waals surface area contributed by atoms with Crippen LogP contribution < -0.4 is 46.0 Å². The lowest BCUT2D eigenvalue weighted by Gasteiger charge is -2.41. The summed E-state index contributed by atoms with van der Waals surface area (Å²) in [5.74, 6) is -3.00. The fourth-order valence-corrected chi connectivity index (χ4v) is 19.2. The van der Waals surface area contributed by atoms with Gasteiger partial charge in [0, 0.05) is 152 Å². The average Bonchev–Trinajstić information content (AvgIpc) is 0.729. The number of rotatable bonds is 20. The van der Waals surface area contributed by atoms with E-state index < -0.39 is 58.0 Å². The molecule has 9 aromatic rings. The molecule has 123 heavy (non-hydrogen) atoms. The summed E-state index contributed by atoms with van der Waals surface area (Å²) in [6, 6.07) is 13.3. The minimum Gasteiger partial charge on any atom is -0.488 e. The molecule has 12 heterocycles. The van der Waals surface area contributed by atoms with Crippen molar-refractivity contribution in [3.63, 3.8) is 0 Å². The minimum absolute atomic E-state index is 0.0587. The monoisotopic (exact) mass is 1750 g/mol. The predicted molar refractivity (Wildman–Crippen MR) is 461 cm³/mol. The van der Waals surface area contributed by atoms with E-state index in [1.54, 1.807) is 46.6 Å². The number of aromatic nitrogens is 6. The van der Waals surface area contributed by atoms with E-state index in [2.05, 4.69) is 54.2 Å². The van der Waals surface area contributed by atoms with Crippen molar-refractivity contribution in [1.82, 2.24) is 58.1 Å². The van der Waals surface area contributed by atoms with E-state index in [0.717, 1.165) is 96.0 Å². The Balaban J connectivity index is 0.000000137. The van der Waals surface area contributed by atoms with Crippen LogP contribution in [0.4, 0.5) is 43.8 Å². The van der Waals surface area contributed by atoms with Gasteiger partial charge in [0.25, 0.3) is 0 Å². The molecule has 34 heteroatoms. The summed E-state index contributed by atoms with van der Waals surface area (Å²) >= 11 is 20.4. The quantitative estimate of drug-likeness (QED) is 0.0393. The number of hydrogen-bond donors (Lipinski definition) is 0. The molecule has 6 saturated heterocycles. The highest BCUT2D eigenvalue weighted by Gasteiger charge is 2.41. The second-order valence-electron chi connectivity index (χ2n) is 32.5. The molecule has 18 rings (SSSR count). The van der Waals surface area contributed by atoms with Crippen molar-refractivity contribution in [3.8, 4) is 50.6 Å². The van der Waals surface area contributed by atoms with Crippen molar-refractivity contribution in [2.75, 3.05) is 159 Å². The van der Waals surface area contributed by atoms with E-state index in [1.807, 2.05) is 28.5 Å². The number of nitrogens with zero attached hydrogens (tertiary/aromatic N) is 16. The van der Waals surface area contributed by atoms with Crippen LogP contribution in [0.1, 0.15) is 76.9 Å². The SMILES string of the molecule is C=CC(=O)N1CCN(c2nc(=O)n3c4c(c(-c5ccc(F)cc5F)c(Cl)cc24)OCC3CCCN2CCC2)[C@@H](C)C1.C=CC(=O)N1CCN(c2nc(=O)n3c4c(c(-c5ccc(F)cc5F)c(Cl)cc24)OCC3CCN2CCC2)[C@@H](C)C1.[C-]#[N+]C[C@H]1CN(c2nc(=O)n3c4c(c(-c5ccc(F)cc5F)c(Cl)cc24)OCC3CCN2CCC2)CCN1C(=O)C=C. The largest absolute Gasteiger partial charge is 0.488 e. The number of hydrogen-bond acceptors (Lipinski definition) is 18. The fourth-order valence-electron chi connectivity index (χ4n) is 18.3. The molecule has 0 spiro atoms. The van der Waals surface area contributed by atoms with Gasteiger partial charge in [-0.1, -0.05) is 54.5 Å². The average molecular weight is 1750 g/mol. The smallest absolute Gasteiger partial charge is 0.350 e. The van der Waals surface area contributed by atoms with Crippen LogP contribution >= 0.6 is 34.8 Å². The fraction of sp³-hybridized carbons (Fsp3) is 0.416. The summed E-state index contributed by atoms with van der Waals surface area (Å²) in [5, 5.41) is 2.32. The van der Waals surface area contributed by atoms with Crippen LogP contribution in [-0.2, 0) is 14.4 Å². The molecule has 644 valence electrons. The highest BCUT2D eigenvalue weighted by Crippen LogP contribution is 2.52. The first kappa shape index (κ1) is 85.5. The molecule has 3 unspecified atom stereocenters. The lowest BCUT2D eigenvalue weighted by Crippen LogP contribution is -2.56. The van der Waals surface area contributed by atoms with Gasteiger partial charge in [0.2, 0.25) is 24.3 Å². The van der Waals surface area contributed by atoms with Crippen LogP contribution in [-0.4, -0.2) is 238 Å². The molecule has 3 amide bonds. The molecule has 0 saturated carbocycles. The molecule has 0 aliphatic carbocycles. The first-order chi connectivity index (χ1) is 59.3. The highest BCUT2D eigenvalue weighted by atomic mass is 35.5. The van der Waals surface area contributed by atoms with E-state index >= 15 is 13.2 Å². The maximum Gasteiger partial charge on any atom is 0.350 e. The Morgan fingerprint density at radius 3 is 1.18 bits per heavy atom. The topological polar surface area (TPSA) is 217 Å². The lowest BCUT2D eigenvalue weighted by atomic mass is 9.98. The van der Waals surface area contributed by atoms with Crippen molar-refractivity contribution in [2.45, 2.75) is 95.0 Å². The van der Waals surface area contributed by atoms with Crippen molar-refractivity contribution in [3.05, 3.63) is 204 Å². The minimum atomic E-state index is -0.802. The third kappa shape index (κ3) is 16.7. The molecule has 0 bridgehead atoms. The van der Waals surface area contributed by atoms with Crippen molar-refractivity contribution >= 4 is 103 Å². The summed E-state index contributed by atoms with van der Waals surface area (Å²) in [4.78, 5) is 113. The van der Waals surface area contributed by atoms with Crippen LogP contribution in [0, 0.1) is 41.5 Å². The molecular weight excluding hydrogens is 1660 g/mol. The Morgan fingerprint density at radius 1 is 0.463 bits per heavy atom. The molecule has 0 N–H and O–H groups in total. The van der Waals surface area contributed by atoms with Gasteiger partial charge in [0.05, 0.1) is 49.7 Å². The number of likely N-dealkylation sites (tertiary alicyclic amines) is 3. The summed E-state index contributed by atoms with van der Waals surface area (Å²) in [7, 11) is 0. The van der Waals surface area contributed by atoms with Crippen molar-refractivity contribution < 1.29 is 54.9 Å². The maximum atomic E-state index is 15.1.